The lowest BCUT2D eigenvalue weighted by atomic mass is 10.2. The number of thioether (sulfide) groups is 1. The van der Waals surface area contributed by atoms with Crippen molar-refractivity contribution in [3.8, 4) is 5.75 Å². The molecule has 8 nitrogen and oxygen atoms in total. The number of aromatic nitrogens is 4. The van der Waals surface area contributed by atoms with Crippen molar-refractivity contribution in [2.75, 3.05) is 31.8 Å². The summed E-state index contributed by atoms with van der Waals surface area (Å²) in [5.74, 6) is 1.84. The van der Waals surface area contributed by atoms with E-state index in [0.717, 1.165) is 33.4 Å². The van der Waals surface area contributed by atoms with Gasteiger partial charge in [0.15, 0.2) is 16.1 Å². The van der Waals surface area contributed by atoms with Gasteiger partial charge in [-0.25, -0.2) is 4.98 Å². The second-order valence-corrected chi connectivity index (χ2v) is 10.3. The topological polar surface area (TPSA) is 86.4 Å². The predicted molar refractivity (Wildman–Crippen MR) is 142 cm³/mol. The number of hydrogen-bond donors (Lipinski definition) is 2. The minimum atomic E-state index is -0.125. The first-order valence-electron chi connectivity index (χ1n) is 11.7. The number of benzene rings is 2. The fourth-order valence-corrected chi connectivity index (χ4v) is 5.58. The molecule has 10 heteroatoms. The van der Waals surface area contributed by atoms with Crippen LogP contribution >= 0.6 is 23.1 Å². The molecule has 0 aliphatic carbocycles. The van der Waals surface area contributed by atoms with Crippen molar-refractivity contribution in [2.45, 2.75) is 38.0 Å². The lowest BCUT2D eigenvalue weighted by molar-refractivity contribution is -0.893. The first-order chi connectivity index (χ1) is 17.0. The van der Waals surface area contributed by atoms with Gasteiger partial charge in [0.2, 0.25) is 5.91 Å². The van der Waals surface area contributed by atoms with Gasteiger partial charge < -0.3 is 15.0 Å². The maximum atomic E-state index is 12.8. The minimum absolute atomic E-state index is 0.125. The van der Waals surface area contributed by atoms with Gasteiger partial charge >= 0.3 is 0 Å². The van der Waals surface area contributed by atoms with Gasteiger partial charge in [-0.15, -0.1) is 10.2 Å². The average Bonchev–Trinajstić information content (AvgIpc) is 3.42. The molecule has 4 aromatic rings. The van der Waals surface area contributed by atoms with E-state index in [2.05, 4.69) is 58.2 Å². The normalized spacial score (nSPS) is 12.3. The second-order valence-electron chi connectivity index (χ2n) is 8.37. The summed E-state index contributed by atoms with van der Waals surface area (Å²) in [6.45, 7) is 5.39. The molecule has 1 atom stereocenters. The number of carbonyl (C=O) groups is 1. The molecule has 0 fully saturated rings. The zero-order chi connectivity index (χ0) is 24.8. The molecule has 0 aliphatic heterocycles. The number of ether oxygens (including phenoxy) is 1. The van der Waals surface area contributed by atoms with Crippen molar-refractivity contribution in [3.63, 3.8) is 0 Å². The Morgan fingerprint density at radius 1 is 1.17 bits per heavy atom. The number of hydrogen-bond acceptors (Lipinski definition) is 7. The standard InChI is InChI=1S/C25H30N6O2S2/c1-5-20(30(3)4)23-28-29-25(31(23)15-17-10-8-7-9-11-17)34-16-22(32)27-24-26-19-13-12-18(33-6-2)14-21(19)35-24/h7-14,20H,5-6,15-16H2,1-4H3,(H,26,27,32)/p+1/t20-/m0/s1. The van der Waals surface area contributed by atoms with Crippen molar-refractivity contribution in [3.05, 3.63) is 59.9 Å². The molecule has 0 radical (unpaired) electrons. The Morgan fingerprint density at radius 2 is 1.97 bits per heavy atom. The third kappa shape index (κ3) is 6.19. The van der Waals surface area contributed by atoms with E-state index >= 15 is 0 Å². The third-order valence-electron chi connectivity index (χ3n) is 5.60. The van der Waals surface area contributed by atoms with Crippen LogP contribution in [0.15, 0.2) is 53.7 Å². The number of amides is 1. The number of fused-ring (bicyclic) bond motifs is 1. The molecule has 2 heterocycles. The molecule has 184 valence electrons. The molecule has 0 unspecified atom stereocenters. The molecule has 2 aromatic heterocycles. The summed E-state index contributed by atoms with van der Waals surface area (Å²) in [5.41, 5.74) is 2.01. The number of carbonyl (C=O) groups excluding carboxylic acids is 1. The molecule has 0 spiro atoms. The van der Waals surface area contributed by atoms with Gasteiger partial charge in [0.05, 0.1) is 43.2 Å². The Morgan fingerprint density at radius 3 is 2.69 bits per heavy atom. The first kappa shape index (κ1) is 25.2. The van der Waals surface area contributed by atoms with Crippen LogP contribution in [0.25, 0.3) is 10.2 Å². The average molecular weight is 512 g/mol. The van der Waals surface area contributed by atoms with E-state index in [9.17, 15) is 4.79 Å². The summed E-state index contributed by atoms with van der Waals surface area (Å²) in [6.07, 6.45) is 0.947. The van der Waals surface area contributed by atoms with Gasteiger partial charge in [0.25, 0.3) is 0 Å². The van der Waals surface area contributed by atoms with Crippen molar-refractivity contribution in [1.29, 1.82) is 0 Å². The van der Waals surface area contributed by atoms with Gasteiger partial charge in [0, 0.05) is 6.42 Å². The van der Waals surface area contributed by atoms with Crippen LogP contribution in [0, 0.1) is 0 Å². The van der Waals surface area contributed by atoms with Crippen molar-refractivity contribution in [1.82, 2.24) is 19.7 Å². The molecule has 35 heavy (non-hydrogen) atoms. The Kier molecular flexibility index (Phi) is 8.37. The van der Waals surface area contributed by atoms with Crippen molar-refractivity contribution >= 4 is 44.4 Å². The van der Waals surface area contributed by atoms with E-state index in [4.69, 9.17) is 4.74 Å². The zero-order valence-electron chi connectivity index (χ0n) is 20.4. The van der Waals surface area contributed by atoms with Crippen LogP contribution in [0.1, 0.15) is 37.7 Å². The summed E-state index contributed by atoms with van der Waals surface area (Å²) >= 11 is 2.83. The molecule has 0 saturated carbocycles. The molecule has 2 N–H and O–H groups in total. The van der Waals surface area contributed by atoms with E-state index in [1.165, 1.54) is 33.6 Å². The summed E-state index contributed by atoms with van der Waals surface area (Å²) < 4.78 is 8.67. The number of nitrogens with one attached hydrogen (secondary N) is 2. The van der Waals surface area contributed by atoms with E-state index < -0.39 is 0 Å². The molecule has 4 rings (SSSR count). The highest BCUT2D eigenvalue weighted by molar-refractivity contribution is 7.99. The fourth-order valence-electron chi connectivity index (χ4n) is 3.93. The van der Waals surface area contributed by atoms with Crippen LogP contribution in [-0.4, -0.2) is 52.1 Å². The van der Waals surface area contributed by atoms with E-state index in [1.54, 1.807) is 0 Å². The Balaban J connectivity index is 1.48. The maximum Gasteiger partial charge on any atom is 0.236 e. The monoisotopic (exact) mass is 511 g/mol. The highest BCUT2D eigenvalue weighted by atomic mass is 32.2. The summed E-state index contributed by atoms with van der Waals surface area (Å²) in [5, 5.41) is 13.2. The first-order valence-corrected chi connectivity index (χ1v) is 13.5. The summed E-state index contributed by atoms with van der Waals surface area (Å²) in [6, 6.07) is 16.2. The van der Waals surface area contributed by atoms with Crippen LogP contribution in [0.3, 0.4) is 0 Å². The summed E-state index contributed by atoms with van der Waals surface area (Å²) in [7, 11) is 4.26. The van der Waals surface area contributed by atoms with Crippen LogP contribution in [0.4, 0.5) is 5.13 Å². The van der Waals surface area contributed by atoms with Gasteiger partial charge in [-0.3, -0.25) is 9.36 Å². The molecule has 0 saturated heterocycles. The van der Waals surface area contributed by atoms with Gasteiger partial charge in [0.1, 0.15) is 11.8 Å². The highest BCUT2D eigenvalue weighted by Crippen LogP contribution is 2.30. The van der Waals surface area contributed by atoms with Crippen LogP contribution < -0.4 is 15.0 Å². The number of nitrogens with zero attached hydrogens (tertiary/aromatic N) is 4. The second kappa shape index (κ2) is 11.7. The highest BCUT2D eigenvalue weighted by Gasteiger charge is 2.25. The van der Waals surface area contributed by atoms with Gasteiger partial charge in [-0.05, 0) is 30.7 Å². The third-order valence-corrected chi connectivity index (χ3v) is 7.50. The largest absolute Gasteiger partial charge is 0.494 e. The van der Waals surface area contributed by atoms with Crippen LogP contribution in [0.5, 0.6) is 5.75 Å². The fraction of sp³-hybridized carbons (Fsp3) is 0.360. The number of anilines is 1. The number of quaternary nitrogens is 1. The maximum absolute atomic E-state index is 12.8. The van der Waals surface area contributed by atoms with Crippen molar-refractivity contribution in [2.24, 2.45) is 0 Å². The molecule has 1 amide bonds. The Labute approximate surface area is 213 Å². The zero-order valence-corrected chi connectivity index (χ0v) is 22.1. The minimum Gasteiger partial charge on any atom is -0.494 e. The van der Waals surface area contributed by atoms with E-state index in [1.807, 2.05) is 43.3 Å². The van der Waals surface area contributed by atoms with Crippen LogP contribution in [-0.2, 0) is 11.3 Å². The van der Waals surface area contributed by atoms with E-state index in [0.29, 0.717) is 18.3 Å². The SMILES string of the molecule is CCOc1ccc2nc(NC(=O)CSc3nnc([C@H](CC)[NH+](C)C)n3Cc3ccccc3)sc2c1. The molecular formula is C25H31N6O2S2+. The molecule has 2 aromatic carbocycles. The molecule has 0 bridgehead atoms. The lowest BCUT2D eigenvalue weighted by Gasteiger charge is -2.20. The van der Waals surface area contributed by atoms with Crippen LogP contribution in [0.2, 0.25) is 0 Å². The number of rotatable bonds is 11. The quantitative estimate of drug-likeness (QED) is 0.299. The lowest BCUT2D eigenvalue weighted by Crippen LogP contribution is -3.06. The molecule has 0 aliphatic rings. The molecular weight excluding hydrogens is 480 g/mol. The van der Waals surface area contributed by atoms with Crippen molar-refractivity contribution < 1.29 is 14.4 Å². The van der Waals surface area contributed by atoms with E-state index in [-0.39, 0.29) is 17.7 Å². The van der Waals surface area contributed by atoms with Gasteiger partial charge in [-0.2, -0.15) is 0 Å². The summed E-state index contributed by atoms with van der Waals surface area (Å²) in [4.78, 5) is 18.6. The predicted octanol–water partition coefficient (Wildman–Crippen LogP) is 3.66. The van der Waals surface area contributed by atoms with Gasteiger partial charge in [-0.1, -0.05) is 60.4 Å². The number of thiazole rings is 1. The Hall–Kier alpha value is -2.95. The Bertz CT molecular complexity index is 1270. The smallest absolute Gasteiger partial charge is 0.236 e.